The minimum absolute atomic E-state index is 0.138. The number of carbonyl (C=O) groups is 2. The zero-order chi connectivity index (χ0) is 15.0. The molecule has 0 aromatic heterocycles. The fourth-order valence-corrected chi connectivity index (χ4v) is 1.62. The normalized spacial score (nSPS) is 10.7. The molecule has 0 unspecified atom stereocenters. The molecule has 0 aliphatic carbocycles. The quantitative estimate of drug-likeness (QED) is 0.662. The molecule has 0 atom stereocenters. The van der Waals surface area contributed by atoms with Gasteiger partial charge in [0.15, 0.2) is 0 Å². The number of rotatable bonds is 7. The van der Waals surface area contributed by atoms with Gasteiger partial charge in [0.1, 0.15) is 12.4 Å². The zero-order valence-electron chi connectivity index (χ0n) is 11.7. The minimum Gasteiger partial charge on any atom is -0.492 e. The molecule has 0 spiro atoms. The van der Waals surface area contributed by atoms with Gasteiger partial charge in [0.05, 0.1) is 13.0 Å². The van der Waals surface area contributed by atoms with Gasteiger partial charge in [-0.15, -0.1) is 0 Å². The summed E-state index contributed by atoms with van der Waals surface area (Å²) in [6, 6.07) is 8.87. The smallest absolute Gasteiger partial charge is 0.315 e. The summed E-state index contributed by atoms with van der Waals surface area (Å²) in [5, 5.41) is 13.9. The number of amides is 2. The first kappa shape index (κ1) is 15.8. The maximum atomic E-state index is 11.6. The van der Waals surface area contributed by atoms with Gasteiger partial charge in [-0.2, -0.15) is 0 Å². The highest BCUT2D eigenvalue weighted by Gasteiger charge is 2.23. The van der Waals surface area contributed by atoms with Crippen molar-refractivity contribution in [2.75, 3.05) is 13.2 Å². The van der Waals surface area contributed by atoms with Gasteiger partial charge in [-0.3, -0.25) is 4.79 Å². The van der Waals surface area contributed by atoms with Crippen LogP contribution in [0.15, 0.2) is 30.3 Å². The van der Waals surface area contributed by atoms with Gasteiger partial charge in [-0.1, -0.05) is 18.2 Å². The number of aliphatic carboxylic acids is 1. The second-order valence-electron chi connectivity index (χ2n) is 5.00. The maximum Gasteiger partial charge on any atom is 0.315 e. The Balaban J connectivity index is 2.22. The fraction of sp³-hybridized carbons (Fsp3) is 0.429. The molecule has 0 fully saturated rings. The van der Waals surface area contributed by atoms with Crippen LogP contribution in [-0.2, 0) is 4.79 Å². The predicted octanol–water partition coefficient (Wildman–Crippen LogP) is 1.62. The summed E-state index contributed by atoms with van der Waals surface area (Å²) >= 11 is 0. The van der Waals surface area contributed by atoms with Crippen molar-refractivity contribution in [3.05, 3.63) is 30.3 Å². The molecule has 1 aromatic rings. The lowest BCUT2D eigenvalue weighted by atomic mass is 10.0. The average Bonchev–Trinajstić information content (AvgIpc) is 2.33. The topological polar surface area (TPSA) is 87.7 Å². The molecular weight excluding hydrogens is 260 g/mol. The van der Waals surface area contributed by atoms with E-state index in [0.717, 1.165) is 5.75 Å². The molecule has 0 bridgehead atoms. The monoisotopic (exact) mass is 280 g/mol. The lowest BCUT2D eigenvalue weighted by molar-refractivity contribution is -0.138. The standard InChI is InChI=1S/C14H20N2O4/c1-14(2,10-12(17)18)16-13(19)15-8-9-20-11-6-4-3-5-7-11/h3-7H,8-10H2,1-2H3,(H,17,18)(H2,15,16,19). The summed E-state index contributed by atoms with van der Waals surface area (Å²) in [5.74, 6) is -0.219. The lowest BCUT2D eigenvalue weighted by Crippen LogP contribution is -2.50. The largest absolute Gasteiger partial charge is 0.492 e. The molecule has 110 valence electrons. The van der Waals surface area contributed by atoms with Gasteiger partial charge in [0, 0.05) is 5.54 Å². The van der Waals surface area contributed by atoms with E-state index in [1.807, 2.05) is 30.3 Å². The molecule has 2 amide bonds. The van der Waals surface area contributed by atoms with Crippen molar-refractivity contribution in [1.29, 1.82) is 0 Å². The maximum absolute atomic E-state index is 11.6. The zero-order valence-corrected chi connectivity index (χ0v) is 11.7. The number of carboxylic acid groups (broad SMARTS) is 1. The Morgan fingerprint density at radius 2 is 1.90 bits per heavy atom. The molecule has 3 N–H and O–H groups in total. The van der Waals surface area contributed by atoms with Gasteiger partial charge in [0.2, 0.25) is 0 Å². The van der Waals surface area contributed by atoms with Crippen molar-refractivity contribution in [2.24, 2.45) is 0 Å². The highest BCUT2D eigenvalue weighted by Crippen LogP contribution is 2.08. The van der Waals surface area contributed by atoms with Crippen molar-refractivity contribution in [1.82, 2.24) is 10.6 Å². The van der Waals surface area contributed by atoms with Crippen LogP contribution in [0.25, 0.3) is 0 Å². The van der Waals surface area contributed by atoms with Gasteiger partial charge >= 0.3 is 12.0 Å². The van der Waals surface area contributed by atoms with Crippen molar-refractivity contribution < 1.29 is 19.4 Å². The number of hydrogen-bond acceptors (Lipinski definition) is 3. The van der Waals surface area contributed by atoms with Gasteiger partial charge < -0.3 is 20.5 Å². The molecule has 0 aliphatic rings. The predicted molar refractivity (Wildman–Crippen MR) is 74.8 cm³/mol. The van der Waals surface area contributed by atoms with Gasteiger partial charge in [-0.05, 0) is 26.0 Å². The number of hydrogen-bond donors (Lipinski definition) is 3. The third-order valence-electron chi connectivity index (χ3n) is 2.44. The number of carboxylic acids is 1. The van der Waals surface area contributed by atoms with E-state index >= 15 is 0 Å². The van der Waals surface area contributed by atoms with E-state index in [4.69, 9.17) is 9.84 Å². The number of benzene rings is 1. The Morgan fingerprint density at radius 1 is 1.25 bits per heavy atom. The van der Waals surface area contributed by atoms with E-state index in [1.165, 1.54) is 0 Å². The summed E-state index contributed by atoms with van der Waals surface area (Å²) in [4.78, 5) is 22.2. The van der Waals surface area contributed by atoms with E-state index in [9.17, 15) is 9.59 Å². The first-order valence-electron chi connectivity index (χ1n) is 6.35. The Bertz CT molecular complexity index is 446. The van der Waals surface area contributed by atoms with Crippen LogP contribution in [0, 0.1) is 0 Å². The summed E-state index contributed by atoms with van der Waals surface area (Å²) in [6.45, 7) is 3.99. The molecular formula is C14H20N2O4. The van der Waals surface area contributed by atoms with Crippen molar-refractivity contribution in [3.8, 4) is 5.75 Å². The second-order valence-corrected chi connectivity index (χ2v) is 5.00. The number of para-hydroxylation sites is 1. The molecule has 0 heterocycles. The van der Waals surface area contributed by atoms with Gasteiger partial charge in [0.25, 0.3) is 0 Å². The first-order valence-corrected chi connectivity index (χ1v) is 6.35. The van der Waals surface area contributed by atoms with Crippen molar-refractivity contribution in [2.45, 2.75) is 25.8 Å². The highest BCUT2D eigenvalue weighted by molar-refractivity contribution is 5.76. The Kier molecular flexibility index (Phi) is 5.83. The number of urea groups is 1. The summed E-state index contributed by atoms with van der Waals surface area (Å²) in [5.41, 5.74) is -0.795. The van der Waals surface area contributed by atoms with Crippen LogP contribution in [0.1, 0.15) is 20.3 Å². The van der Waals surface area contributed by atoms with E-state index in [0.29, 0.717) is 13.2 Å². The molecule has 1 rings (SSSR count). The molecule has 0 aliphatic heterocycles. The Labute approximate surface area is 118 Å². The Hall–Kier alpha value is -2.24. The first-order chi connectivity index (χ1) is 9.39. The molecule has 0 saturated carbocycles. The van der Waals surface area contributed by atoms with Crippen molar-refractivity contribution in [3.63, 3.8) is 0 Å². The number of carbonyl (C=O) groups excluding carboxylic acids is 1. The number of ether oxygens (including phenoxy) is 1. The molecule has 0 saturated heterocycles. The molecule has 20 heavy (non-hydrogen) atoms. The fourth-order valence-electron chi connectivity index (χ4n) is 1.62. The summed E-state index contributed by atoms with van der Waals surface area (Å²) < 4.78 is 5.41. The SMILES string of the molecule is CC(C)(CC(=O)O)NC(=O)NCCOc1ccccc1. The Morgan fingerprint density at radius 3 is 2.50 bits per heavy atom. The molecule has 6 nitrogen and oxygen atoms in total. The van der Waals surface area contributed by atoms with Crippen LogP contribution < -0.4 is 15.4 Å². The third-order valence-corrected chi connectivity index (χ3v) is 2.44. The van der Waals surface area contributed by atoms with E-state index in [2.05, 4.69) is 10.6 Å². The molecule has 6 heteroatoms. The summed E-state index contributed by atoms with van der Waals surface area (Å²) in [7, 11) is 0. The lowest BCUT2D eigenvalue weighted by Gasteiger charge is -2.24. The average molecular weight is 280 g/mol. The van der Waals surface area contributed by atoms with Crippen LogP contribution in [0.4, 0.5) is 4.79 Å². The number of nitrogens with one attached hydrogen (secondary N) is 2. The summed E-state index contributed by atoms with van der Waals surface area (Å²) in [6.07, 6.45) is -0.138. The van der Waals surface area contributed by atoms with E-state index in [-0.39, 0.29) is 6.42 Å². The van der Waals surface area contributed by atoms with Gasteiger partial charge in [-0.25, -0.2) is 4.79 Å². The van der Waals surface area contributed by atoms with Crippen LogP contribution in [0.5, 0.6) is 5.75 Å². The van der Waals surface area contributed by atoms with Crippen LogP contribution in [-0.4, -0.2) is 35.8 Å². The third kappa shape index (κ3) is 6.63. The van der Waals surface area contributed by atoms with Crippen LogP contribution in [0.2, 0.25) is 0 Å². The van der Waals surface area contributed by atoms with E-state index < -0.39 is 17.5 Å². The minimum atomic E-state index is -0.956. The van der Waals surface area contributed by atoms with Crippen LogP contribution in [0.3, 0.4) is 0 Å². The van der Waals surface area contributed by atoms with Crippen molar-refractivity contribution >= 4 is 12.0 Å². The van der Waals surface area contributed by atoms with Crippen LogP contribution >= 0.6 is 0 Å². The molecule has 0 radical (unpaired) electrons. The molecule has 1 aromatic carbocycles. The second kappa shape index (κ2) is 7.37. The highest BCUT2D eigenvalue weighted by atomic mass is 16.5. The van der Waals surface area contributed by atoms with E-state index in [1.54, 1.807) is 13.8 Å².